The van der Waals surface area contributed by atoms with E-state index in [0.717, 1.165) is 37.8 Å². The smallest absolute Gasteiger partial charge is 0.336 e. The third kappa shape index (κ3) is 5.67. The van der Waals surface area contributed by atoms with E-state index in [2.05, 4.69) is 5.32 Å². The number of halogens is 1. The molecule has 1 N–H and O–H groups in total. The zero-order valence-corrected chi connectivity index (χ0v) is 20.2. The molecule has 0 radical (unpaired) electrons. The number of carbonyl (C=O) groups is 2. The van der Waals surface area contributed by atoms with Gasteiger partial charge in [0.05, 0.1) is 36.2 Å². The minimum atomic E-state index is -0.759. The van der Waals surface area contributed by atoms with Crippen molar-refractivity contribution in [3.05, 3.63) is 58.2 Å². The van der Waals surface area contributed by atoms with Crippen LogP contribution in [0, 0.1) is 29.0 Å². The van der Waals surface area contributed by atoms with Crippen molar-refractivity contribution in [1.29, 1.82) is 5.26 Å². The second-order valence-corrected chi connectivity index (χ2v) is 9.02. The van der Waals surface area contributed by atoms with Crippen LogP contribution in [0.2, 0.25) is 0 Å². The topological polar surface area (TPSA) is 88.4 Å². The lowest BCUT2D eigenvalue weighted by molar-refractivity contribution is -0.139. The highest BCUT2D eigenvalue weighted by atomic mass is 19.1. The number of hydrogen-bond acceptors (Lipinski definition) is 6. The SMILES string of the molecule is CCOC(=O)C1=C(C(C)C)NC(C2CCCCC2)=C(C(=O)OCCC#N)C1c1ccc(F)cc1. The molecule has 1 fully saturated rings. The van der Waals surface area contributed by atoms with Crippen LogP contribution in [0.25, 0.3) is 0 Å². The molecule has 0 spiro atoms. The molecule has 1 heterocycles. The number of nitrogens with one attached hydrogen (secondary N) is 1. The standard InChI is InChI=1S/C27H33FN2O4/c1-4-33-26(31)22-21(18-11-13-20(28)14-12-18)23(27(32)34-16-8-15-29)25(30-24(22)17(2)3)19-9-6-5-7-10-19/h11-14,17,19,21,30H,4-10,16H2,1-3H3. The van der Waals surface area contributed by atoms with Crippen LogP contribution < -0.4 is 5.32 Å². The normalized spacial score (nSPS) is 19.0. The van der Waals surface area contributed by atoms with Gasteiger partial charge in [-0.2, -0.15) is 5.26 Å². The summed E-state index contributed by atoms with van der Waals surface area (Å²) in [7, 11) is 0. The van der Waals surface area contributed by atoms with Gasteiger partial charge in [0.1, 0.15) is 12.4 Å². The van der Waals surface area contributed by atoms with E-state index >= 15 is 0 Å². The van der Waals surface area contributed by atoms with Crippen LogP contribution in [-0.2, 0) is 19.1 Å². The number of carbonyl (C=O) groups excluding carboxylic acids is 2. The first-order valence-electron chi connectivity index (χ1n) is 12.1. The number of ether oxygens (including phenoxy) is 2. The summed E-state index contributed by atoms with van der Waals surface area (Å²) in [6.45, 7) is 5.85. The van der Waals surface area contributed by atoms with E-state index in [-0.39, 0.29) is 31.5 Å². The van der Waals surface area contributed by atoms with Gasteiger partial charge < -0.3 is 14.8 Å². The second-order valence-electron chi connectivity index (χ2n) is 9.02. The van der Waals surface area contributed by atoms with E-state index < -0.39 is 23.7 Å². The lowest BCUT2D eigenvalue weighted by Crippen LogP contribution is -2.38. The van der Waals surface area contributed by atoms with Crippen molar-refractivity contribution in [2.24, 2.45) is 11.8 Å². The minimum Gasteiger partial charge on any atom is -0.463 e. The molecular weight excluding hydrogens is 435 g/mol. The van der Waals surface area contributed by atoms with Crippen molar-refractivity contribution < 1.29 is 23.5 Å². The van der Waals surface area contributed by atoms with Gasteiger partial charge in [0, 0.05) is 11.4 Å². The van der Waals surface area contributed by atoms with Gasteiger partial charge in [0.15, 0.2) is 0 Å². The zero-order chi connectivity index (χ0) is 24.7. The van der Waals surface area contributed by atoms with Crippen LogP contribution in [0.1, 0.15) is 70.8 Å². The molecule has 182 valence electrons. The fourth-order valence-corrected chi connectivity index (χ4v) is 4.82. The van der Waals surface area contributed by atoms with Crippen LogP contribution in [0.15, 0.2) is 46.8 Å². The van der Waals surface area contributed by atoms with Gasteiger partial charge in [-0.15, -0.1) is 0 Å². The Morgan fingerprint density at radius 2 is 1.74 bits per heavy atom. The molecule has 34 heavy (non-hydrogen) atoms. The third-order valence-electron chi connectivity index (χ3n) is 6.38. The molecule has 3 rings (SSSR count). The Hall–Kier alpha value is -3.14. The van der Waals surface area contributed by atoms with E-state index in [1.54, 1.807) is 19.1 Å². The maximum Gasteiger partial charge on any atom is 0.336 e. The van der Waals surface area contributed by atoms with Crippen molar-refractivity contribution in [3.8, 4) is 6.07 Å². The average molecular weight is 469 g/mol. The molecule has 1 aliphatic heterocycles. The first-order valence-corrected chi connectivity index (χ1v) is 12.1. The molecule has 1 aliphatic carbocycles. The number of hydrogen-bond donors (Lipinski definition) is 1. The maximum absolute atomic E-state index is 13.8. The lowest BCUT2D eigenvalue weighted by Gasteiger charge is -2.37. The van der Waals surface area contributed by atoms with Gasteiger partial charge in [-0.05, 0) is 49.3 Å². The molecule has 0 amide bonds. The summed E-state index contributed by atoms with van der Waals surface area (Å²) in [5.74, 6) is -2.17. The van der Waals surface area contributed by atoms with Gasteiger partial charge in [0.2, 0.25) is 0 Å². The predicted molar refractivity (Wildman–Crippen MR) is 126 cm³/mol. The summed E-state index contributed by atoms with van der Waals surface area (Å²) in [6.07, 6.45) is 5.18. The van der Waals surface area contributed by atoms with Crippen molar-refractivity contribution >= 4 is 11.9 Å². The highest BCUT2D eigenvalue weighted by molar-refractivity contribution is 6.00. The second kappa shape index (κ2) is 11.8. The Bertz CT molecular complexity index is 998. The maximum atomic E-state index is 13.8. The van der Waals surface area contributed by atoms with Crippen LogP contribution in [-0.4, -0.2) is 25.2 Å². The van der Waals surface area contributed by atoms with Gasteiger partial charge in [-0.1, -0.05) is 45.2 Å². The van der Waals surface area contributed by atoms with Crippen LogP contribution in [0.4, 0.5) is 4.39 Å². The summed E-state index contributed by atoms with van der Waals surface area (Å²) in [5, 5.41) is 12.4. The van der Waals surface area contributed by atoms with Crippen LogP contribution in [0.3, 0.4) is 0 Å². The minimum absolute atomic E-state index is 0.0393. The summed E-state index contributed by atoms with van der Waals surface area (Å²) in [6, 6.07) is 7.84. The molecule has 6 nitrogen and oxygen atoms in total. The number of nitriles is 1. The number of dihydropyridines is 1. The van der Waals surface area contributed by atoms with Crippen LogP contribution in [0.5, 0.6) is 0 Å². The summed E-state index contributed by atoms with van der Waals surface area (Å²) in [5.41, 5.74) is 2.79. The highest BCUT2D eigenvalue weighted by Crippen LogP contribution is 2.44. The van der Waals surface area contributed by atoms with Crippen LogP contribution >= 0.6 is 0 Å². The monoisotopic (exact) mass is 468 g/mol. The number of allylic oxidation sites excluding steroid dienone is 2. The highest BCUT2D eigenvalue weighted by Gasteiger charge is 2.42. The fourth-order valence-electron chi connectivity index (χ4n) is 4.82. The van der Waals surface area contributed by atoms with Gasteiger partial charge in [-0.25, -0.2) is 14.0 Å². The third-order valence-corrected chi connectivity index (χ3v) is 6.38. The molecule has 1 saturated carbocycles. The van der Waals surface area contributed by atoms with Crippen molar-refractivity contribution in [2.45, 2.75) is 65.2 Å². The molecule has 1 unspecified atom stereocenters. The van der Waals surface area contributed by atoms with Crippen molar-refractivity contribution in [2.75, 3.05) is 13.2 Å². The predicted octanol–water partition coefficient (Wildman–Crippen LogP) is 5.28. The Morgan fingerprint density at radius 1 is 1.09 bits per heavy atom. The largest absolute Gasteiger partial charge is 0.463 e. The number of rotatable bonds is 8. The van der Waals surface area contributed by atoms with Crippen molar-refractivity contribution in [3.63, 3.8) is 0 Å². The Morgan fingerprint density at radius 3 is 2.32 bits per heavy atom. The first-order chi connectivity index (χ1) is 16.4. The number of nitrogens with zero attached hydrogens (tertiary/aromatic N) is 1. The summed E-state index contributed by atoms with van der Waals surface area (Å²) in [4.78, 5) is 26.8. The molecule has 0 saturated heterocycles. The molecular formula is C27H33FN2O4. The van der Waals surface area contributed by atoms with E-state index in [4.69, 9.17) is 14.7 Å². The Balaban J connectivity index is 2.23. The first kappa shape index (κ1) is 25.5. The lowest BCUT2D eigenvalue weighted by atomic mass is 9.74. The number of benzene rings is 1. The number of esters is 2. The quantitative estimate of drug-likeness (QED) is 0.413. The molecule has 0 bridgehead atoms. The molecule has 1 aromatic rings. The molecule has 1 atom stereocenters. The van der Waals surface area contributed by atoms with E-state index in [1.807, 2.05) is 19.9 Å². The fraction of sp³-hybridized carbons (Fsp3) is 0.519. The van der Waals surface area contributed by atoms with Gasteiger partial charge >= 0.3 is 11.9 Å². The van der Waals surface area contributed by atoms with Gasteiger partial charge in [0.25, 0.3) is 0 Å². The summed E-state index contributed by atoms with van der Waals surface area (Å²) < 4.78 is 24.7. The molecule has 7 heteroatoms. The Kier molecular flexibility index (Phi) is 8.86. The van der Waals surface area contributed by atoms with E-state index in [9.17, 15) is 14.0 Å². The summed E-state index contributed by atoms with van der Waals surface area (Å²) >= 11 is 0. The molecule has 2 aliphatic rings. The van der Waals surface area contributed by atoms with Gasteiger partial charge in [-0.3, -0.25) is 0 Å². The average Bonchev–Trinajstić information content (AvgIpc) is 2.84. The van der Waals surface area contributed by atoms with E-state index in [1.165, 1.54) is 12.1 Å². The Labute approximate surface area is 200 Å². The van der Waals surface area contributed by atoms with E-state index in [0.29, 0.717) is 22.4 Å². The molecule has 0 aromatic heterocycles. The molecule has 1 aromatic carbocycles. The van der Waals surface area contributed by atoms with Crippen molar-refractivity contribution in [1.82, 2.24) is 5.32 Å². The zero-order valence-electron chi connectivity index (χ0n) is 20.2.